The van der Waals surface area contributed by atoms with Crippen molar-refractivity contribution in [3.05, 3.63) is 89.7 Å². The number of anilines is 2. The Morgan fingerprint density at radius 3 is 2.39 bits per heavy atom. The van der Waals surface area contributed by atoms with E-state index >= 15 is 0 Å². The van der Waals surface area contributed by atoms with Crippen molar-refractivity contribution >= 4 is 11.9 Å². The van der Waals surface area contributed by atoms with Gasteiger partial charge in [0.15, 0.2) is 5.82 Å². The normalized spacial score (nSPS) is 10.7. The molecule has 0 saturated carbocycles. The summed E-state index contributed by atoms with van der Waals surface area (Å²) in [6.07, 6.45) is 1.66. The quantitative estimate of drug-likeness (QED) is 0.324. The fraction of sp³-hybridized carbons (Fsp3) is 0.160. The van der Waals surface area contributed by atoms with Gasteiger partial charge in [-0.15, -0.1) is 0 Å². The van der Waals surface area contributed by atoms with Crippen LogP contribution in [0.3, 0.4) is 0 Å². The van der Waals surface area contributed by atoms with E-state index in [-0.39, 0.29) is 29.9 Å². The van der Waals surface area contributed by atoms with Crippen LogP contribution in [0.1, 0.15) is 17.5 Å². The Bertz CT molecular complexity index is 1200. The van der Waals surface area contributed by atoms with Gasteiger partial charge in [-0.2, -0.15) is 15.0 Å². The molecule has 0 aliphatic carbocycles. The van der Waals surface area contributed by atoms with Gasteiger partial charge in [-0.1, -0.05) is 42.5 Å². The minimum atomic E-state index is -0.530. The van der Waals surface area contributed by atoms with Crippen LogP contribution in [0, 0.1) is 5.82 Å². The van der Waals surface area contributed by atoms with Crippen LogP contribution >= 0.6 is 0 Å². The standard InChI is InChI=1S/C25H24FN5O2/c26-21-10-4-7-18(16-32)22(21)23-29-24(27)31-25(30-23)28-15-5-6-17-11-13-20(14-12-17)33-19-8-2-1-3-9-19/h1-4,7-14,32H,5-6,15-16H2,(H3,27,28,29,30,31). The van der Waals surface area contributed by atoms with Crippen molar-refractivity contribution in [3.8, 4) is 22.9 Å². The van der Waals surface area contributed by atoms with Crippen molar-refractivity contribution < 1.29 is 14.2 Å². The molecule has 0 fully saturated rings. The number of hydrogen-bond donors (Lipinski definition) is 3. The Kier molecular flexibility index (Phi) is 7.06. The summed E-state index contributed by atoms with van der Waals surface area (Å²) < 4.78 is 20.2. The first-order chi connectivity index (χ1) is 16.1. The number of nitrogen functional groups attached to an aromatic ring is 1. The molecule has 0 saturated heterocycles. The van der Waals surface area contributed by atoms with Crippen LogP contribution < -0.4 is 15.8 Å². The van der Waals surface area contributed by atoms with Crippen LogP contribution in [0.25, 0.3) is 11.4 Å². The lowest BCUT2D eigenvalue weighted by molar-refractivity contribution is 0.282. The van der Waals surface area contributed by atoms with Crippen LogP contribution in [0.4, 0.5) is 16.3 Å². The summed E-state index contributed by atoms with van der Waals surface area (Å²) in [7, 11) is 0. The zero-order valence-electron chi connectivity index (χ0n) is 17.9. The molecule has 7 nitrogen and oxygen atoms in total. The Hall–Kier alpha value is -4.04. The highest BCUT2D eigenvalue weighted by Crippen LogP contribution is 2.25. The van der Waals surface area contributed by atoms with Crippen LogP contribution in [-0.4, -0.2) is 26.6 Å². The number of nitrogens with two attached hydrogens (primary N) is 1. The largest absolute Gasteiger partial charge is 0.457 e. The fourth-order valence-electron chi connectivity index (χ4n) is 3.38. The number of aliphatic hydroxyl groups is 1. The first-order valence-corrected chi connectivity index (χ1v) is 10.6. The number of para-hydroxylation sites is 1. The van der Waals surface area contributed by atoms with Gasteiger partial charge in [0.05, 0.1) is 12.2 Å². The molecule has 4 aromatic rings. The van der Waals surface area contributed by atoms with E-state index in [0.717, 1.165) is 24.3 Å². The summed E-state index contributed by atoms with van der Waals surface area (Å²) in [6, 6.07) is 22.0. The zero-order valence-corrected chi connectivity index (χ0v) is 17.9. The highest BCUT2D eigenvalue weighted by molar-refractivity contribution is 5.62. The highest BCUT2D eigenvalue weighted by atomic mass is 19.1. The van der Waals surface area contributed by atoms with Crippen molar-refractivity contribution in [2.75, 3.05) is 17.6 Å². The molecule has 8 heteroatoms. The molecule has 3 aromatic carbocycles. The lowest BCUT2D eigenvalue weighted by Gasteiger charge is -2.10. The summed E-state index contributed by atoms with van der Waals surface area (Å²) in [6.45, 7) is 0.256. The number of halogens is 1. The molecule has 1 aromatic heterocycles. The molecule has 0 aliphatic heterocycles. The molecule has 0 aliphatic rings. The second-order valence-corrected chi connectivity index (χ2v) is 7.36. The molecular weight excluding hydrogens is 421 g/mol. The molecule has 4 rings (SSSR count). The fourth-order valence-corrected chi connectivity index (χ4v) is 3.38. The van der Waals surface area contributed by atoms with Crippen molar-refractivity contribution in [2.45, 2.75) is 19.4 Å². The molecule has 33 heavy (non-hydrogen) atoms. The van der Waals surface area contributed by atoms with Crippen molar-refractivity contribution in [3.63, 3.8) is 0 Å². The average molecular weight is 445 g/mol. The topological polar surface area (TPSA) is 106 Å². The monoisotopic (exact) mass is 445 g/mol. The molecule has 168 valence electrons. The molecule has 0 amide bonds. The molecule has 0 bridgehead atoms. The number of aromatic nitrogens is 3. The second kappa shape index (κ2) is 10.5. The third kappa shape index (κ3) is 5.81. The first kappa shape index (κ1) is 22.2. The maximum absolute atomic E-state index is 14.3. The van der Waals surface area contributed by atoms with Gasteiger partial charge >= 0.3 is 0 Å². The average Bonchev–Trinajstić information content (AvgIpc) is 2.83. The smallest absolute Gasteiger partial charge is 0.228 e. The summed E-state index contributed by atoms with van der Waals surface area (Å²) in [5.74, 6) is 1.37. The van der Waals surface area contributed by atoms with E-state index in [9.17, 15) is 9.50 Å². The summed E-state index contributed by atoms with van der Waals surface area (Å²) in [5.41, 5.74) is 7.48. The predicted octanol–water partition coefficient (Wildman–Crippen LogP) is 4.59. The summed E-state index contributed by atoms with van der Waals surface area (Å²) in [4.78, 5) is 12.4. The number of hydrogen-bond acceptors (Lipinski definition) is 7. The van der Waals surface area contributed by atoms with Gasteiger partial charge in [0.25, 0.3) is 0 Å². The Balaban J connectivity index is 1.34. The van der Waals surface area contributed by atoms with Gasteiger partial charge in [0, 0.05) is 6.54 Å². The number of aryl methyl sites for hydroxylation is 1. The molecule has 4 N–H and O–H groups in total. The minimum Gasteiger partial charge on any atom is -0.457 e. The number of aliphatic hydroxyl groups excluding tert-OH is 1. The van der Waals surface area contributed by atoms with Gasteiger partial charge in [-0.3, -0.25) is 0 Å². The number of ether oxygens (including phenoxy) is 1. The van der Waals surface area contributed by atoms with E-state index in [1.54, 1.807) is 6.07 Å². The third-order valence-electron chi connectivity index (χ3n) is 4.97. The zero-order chi connectivity index (χ0) is 23.0. The van der Waals surface area contributed by atoms with Gasteiger partial charge < -0.3 is 20.9 Å². The molecular formula is C25H24FN5O2. The van der Waals surface area contributed by atoms with Crippen LogP contribution in [0.5, 0.6) is 11.5 Å². The summed E-state index contributed by atoms with van der Waals surface area (Å²) in [5, 5.41) is 12.6. The first-order valence-electron chi connectivity index (χ1n) is 10.6. The Morgan fingerprint density at radius 2 is 1.64 bits per heavy atom. The second-order valence-electron chi connectivity index (χ2n) is 7.36. The lowest BCUT2D eigenvalue weighted by atomic mass is 10.1. The van der Waals surface area contributed by atoms with E-state index in [2.05, 4.69) is 20.3 Å². The molecule has 0 atom stereocenters. The van der Waals surface area contributed by atoms with E-state index < -0.39 is 5.82 Å². The number of nitrogens with zero attached hydrogens (tertiary/aromatic N) is 3. The van der Waals surface area contributed by atoms with E-state index in [1.807, 2.05) is 54.6 Å². The number of benzene rings is 3. The van der Waals surface area contributed by atoms with Gasteiger partial charge in [0.1, 0.15) is 17.3 Å². The summed E-state index contributed by atoms with van der Waals surface area (Å²) >= 11 is 0. The predicted molar refractivity (Wildman–Crippen MR) is 125 cm³/mol. The van der Waals surface area contributed by atoms with E-state index in [4.69, 9.17) is 10.5 Å². The van der Waals surface area contributed by atoms with Crippen LogP contribution in [-0.2, 0) is 13.0 Å². The maximum Gasteiger partial charge on any atom is 0.228 e. The molecule has 1 heterocycles. The minimum absolute atomic E-state index is 0.0244. The highest BCUT2D eigenvalue weighted by Gasteiger charge is 2.15. The Morgan fingerprint density at radius 1 is 0.879 bits per heavy atom. The Labute approximate surface area is 191 Å². The van der Waals surface area contributed by atoms with Crippen molar-refractivity contribution in [1.82, 2.24) is 15.0 Å². The molecule has 0 radical (unpaired) electrons. The van der Waals surface area contributed by atoms with Gasteiger partial charge in [0.2, 0.25) is 11.9 Å². The number of rotatable bonds is 9. The molecule has 0 spiro atoms. The van der Waals surface area contributed by atoms with Crippen molar-refractivity contribution in [2.24, 2.45) is 0 Å². The van der Waals surface area contributed by atoms with E-state index in [1.165, 1.54) is 17.7 Å². The lowest BCUT2D eigenvalue weighted by Crippen LogP contribution is -2.11. The maximum atomic E-state index is 14.3. The van der Waals surface area contributed by atoms with Crippen molar-refractivity contribution in [1.29, 1.82) is 0 Å². The SMILES string of the molecule is Nc1nc(NCCCc2ccc(Oc3ccccc3)cc2)nc(-c2c(F)cccc2CO)n1. The number of nitrogens with one attached hydrogen (secondary N) is 1. The van der Waals surface area contributed by atoms with Crippen LogP contribution in [0.15, 0.2) is 72.8 Å². The van der Waals surface area contributed by atoms with Gasteiger partial charge in [-0.25, -0.2) is 4.39 Å². The molecule has 0 unspecified atom stereocenters. The van der Waals surface area contributed by atoms with Gasteiger partial charge in [-0.05, 0) is 54.3 Å². The van der Waals surface area contributed by atoms with E-state index in [0.29, 0.717) is 12.1 Å². The van der Waals surface area contributed by atoms with Crippen LogP contribution in [0.2, 0.25) is 0 Å². The third-order valence-corrected chi connectivity index (χ3v) is 4.97.